The molecule has 1 saturated carbocycles. The second kappa shape index (κ2) is 7.11. The van der Waals surface area contributed by atoms with E-state index in [2.05, 4.69) is 21.2 Å². The summed E-state index contributed by atoms with van der Waals surface area (Å²) in [5.41, 5.74) is 1.89. The van der Waals surface area contributed by atoms with Gasteiger partial charge >= 0.3 is 0 Å². The number of benzene rings is 1. The summed E-state index contributed by atoms with van der Waals surface area (Å²) in [7, 11) is 0. The highest BCUT2D eigenvalue weighted by Crippen LogP contribution is 2.34. The maximum atomic E-state index is 6.31. The van der Waals surface area contributed by atoms with Gasteiger partial charge in [0.2, 0.25) is 5.89 Å². The van der Waals surface area contributed by atoms with Crippen molar-refractivity contribution >= 4 is 34.3 Å². The fourth-order valence-electron chi connectivity index (χ4n) is 3.17. The molecule has 1 aliphatic rings. The standard InChI is InChI=1S/C18H18ClN3OS/c19-16-14(10-13-8-4-5-9-15(13)20-16)11-24-18-22-21-17(23-18)12-6-2-1-3-7-12/h4-5,8-10,12H,1-3,6-7,11H2. The van der Waals surface area contributed by atoms with Crippen molar-refractivity contribution in [1.82, 2.24) is 15.2 Å². The summed E-state index contributed by atoms with van der Waals surface area (Å²) >= 11 is 7.82. The Morgan fingerprint density at radius 3 is 2.83 bits per heavy atom. The number of fused-ring (bicyclic) bond motifs is 1. The second-order valence-corrected chi connectivity index (χ2v) is 7.45. The molecule has 0 N–H and O–H groups in total. The molecule has 1 aliphatic carbocycles. The Bertz CT molecular complexity index is 845. The highest BCUT2D eigenvalue weighted by Gasteiger charge is 2.21. The van der Waals surface area contributed by atoms with E-state index in [1.165, 1.54) is 31.0 Å². The predicted octanol–water partition coefficient (Wildman–Crippen LogP) is 5.61. The number of nitrogens with zero attached hydrogens (tertiary/aromatic N) is 3. The first-order valence-corrected chi connectivity index (χ1v) is 9.66. The van der Waals surface area contributed by atoms with Gasteiger partial charge in [-0.2, -0.15) is 0 Å². The van der Waals surface area contributed by atoms with Gasteiger partial charge in [0.1, 0.15) is 5.15 Å². The normalized spacial score (nSPS) is 15.9. The number of halogens is 1. The molecule has 3 aromatic rings. The van der Waals surface area contributed by atoms with Crippen LogP contribution in [0.3, 0.4) is 0 Å². The Morgan fingerprint density at radius 1 is 1.12 bits per heavy atom. The Labute approximate surface area is 150 Å². The molecule has 6 heteroatoms. The lowest BCUT2D eigenvalue weighted by Gasteiger charge is -2.17. The minimum absolute atomic E-state index is 0.437. The van der Waals surface area contributed by atoms with Gasteiger partial charge in [-0.15, -0.1) is 10.2 Å². The van der Waals surface area contributed by atoms with E-state index >= 15 is 0 Å². The van der Waals surface area contributed by atoms with Gasteiger partial charge in [-0.05, 0) is 25.0 Å². The largest absolute Gasteiger partial charge is 0.416 e. The molecule has 2 aromatic heterocycles. The molecule has 0 unspecified atom stereocenters. The highest BCUT2D eigenvalue weighted by atomic mass is 35.5. The maximum absolute atomic E-state index is 6.31. The fourth-order valence-corrected chi connectivity index (χ4v) is 4.20. The van der Waals surface area contributed by atoms with Gasteiger partial charge in [-0.1, -0.05) is 60.8 Å². The van der Waals surface area contributed by atoms with Gasteiger partial charge in [-0.25, -0.2) is 4.98 Å². The van der Waals surface area contributed by atoms with Crippen molar-refractivity contribution in [1.29, 1.82) is 0 Å². The Balaban J connectivity index is 1.47. The lowest BCUT2D eigenvalue weighted by molar-refractivity contribution is 0.334. The zero-order chi connectivity index (χ0) is 16.4. The second-order valence-electron chi connectivity index (χ2n) is 6.16. The average Bonchev–Trinajstić information content (AvgIpc) is 3.10. The molecule has 124 valence electrons. The van der Waals surface area contributed by atoms with Gasteiger partial charge < -0.3 is 4.42 Å². The molecular weight excluding hydrogens is 342 g/mol. The molecule has 0 radical (unpaired) electrons. The zero-order valence-corrected chi connectivity index (χ0v) is 14.8. The first kappa shape index (κ1) is 15.9. The van der Waals surface area contributed by atoms with Crippen molar-refractivity contribution in [3.8, 4) is 0 Å². The molecule has 0 atom stereocenters. The van der Waals surface area contributed by atoms with Crippen molar-refractivity contribution < 1.29 is 4.42 Å². The molecule has 24 heavy (non-hydrogen) atoms. The van der Waals surface area contributed by atoms with Crippen LogP contribution in [0.5, 0.6) is 0 Å². The Hall–Kier alpha value is -1.59. The number of thioether (sulfide) groups is 1. The summed E-state index contributed by atoms with van der Waals surface area (Å²) < 4.78 is 5.85. The van der Waals surface area contributed by atoms with E-state index in [4.69, 9.17) is 16.0 Å². The maximum Gasteiger partial charge on any atom is 0.276 e. The summed E-state index contributed by atoms with van der Waals surface area (Å²) in [5, 5.41) is 10.7. The molecule has 4 rings (SSSR count). The van der Waals surface area contributed by atoms with E-state index in [-0.39, 0.29) is 0 Å². The van der Waals surface area contributed by atoms with Crippen LogP contribution in [0.4, 0.5) is 0 Å². The van der Waals surface area contributed by atoms with Crippen molar-refractivity contribution in [2.45, 2.75) is 49.0 Å². The molecule has 0 aliphatic heterocycles. The summed E-state index contributed by atoms with van der Waals surface area (Å²) in [5.74, 6) is 1.90. The van der Waals surface area contributed by atoms with Gasteiger partial charge in [0.25, 0.3) is 5.22 Å². The first-order chi connectivity index (χ1) is 11.8. The summed E-state index contributed by atoms with van der Waals surface area (Å²) in [4.78, 5) is 4.45. The molecule has 0 amide bonds. The minimum Gasteiger partial charge on any atom is -0.416 e. The lowest BCUT2D eigenvalue weighted by Crippen LogP contribution is -2.04. The molecule has 2 heterocycles. The zero-order valence-electron chi connectivity index (χ0n) is 13.2. The smallest absolute Gasteiger partial charge is 0.276 e. The SMILES string of the molecule is Clc1nc2ccccc2cc1CSc1nnc(C2CCCCC2)o1. The molecule has 1 aromatic carbocycles. The minimum atomic E-state index is 0.437. The molecule has 0 spiro atoms. The number of pyridine rings is 1. The van der Waals surface area contributed by atoms with Gasteiger partial charge in [-0.3, -0.25) is 0 Å². The van der Waals surface area contributed by atoms with Crippen molar-refractivity contribution in [2.24, 2.45) is 0 Å². The molecule has 0 saturated heterocycles. The number of aromatic nitrogens is 3. The van der Waals surface area contributed by atoms with E-state index in [9.17, 15) is 0 Å². The fraction of sp³-hybridized carbons (Fsp3) is 0.389. The van der Waals surface area contributed by atoms with Crippen LogP contribution in [-0.4, -0.2) is 15.2 Å². The highest BCUT2D eigenvalue weighted by molar-refractivity contribution is 7.98. The van der Waals surface area contributed by atoms with Crippen molar-refractivity contribution in [3.63, 3.8) is 0 Å². The molecule has 0 bridgehead atoms. The number of hydrogen-bond donors (Lipinski definition) is 0. The van der Waals surface area contributed by atoms with Crippen LogP contribution in [0.2, 0.25) is 5.15 Å². The quantitative estimate of drug-likeness (QED) is 0.447. The van der Waals surface area contributed by atoms with Crippen LogP contribution in [0, 0.1) is 0 Å². The van der Waals surface area contributed by atoms with Crippen LogP contribution in [0.1, 0.15) is 49.5 Å². The lowest BCUT2D eigenvalue weighted by atomic mass is 9.89. The van der Waals surface area contributed by atoms with Crippen LogP contribution in [-0.2, 0) is 5.75 Å². The van der Waals surface area contributed by atoms with Crippen molar-refractivity contribution in [3.05, 3.63) is 46.9 Å². The third-order valence-corrected chi connectivity index (χ3v) is 5.67. The van der Waals surface area contributed by atoms with Crippen LogP contribution >= 0.6 is 23.4 Å². The third kappa shape index (κ3) is 3.42. The molecule has 1 fully saturated rings. The molecule has 4 nitrogen and oxygen atoms in total. The van der Waals surface area contributed by atoms with Gasteiger partial charge in [0.15, 0.2) is 0 Å². The topological polar surface area (TPSA) is 51.8 Å². The average molecular weight is 360 g/mol. The van der Waals surface area contributed by atoms with Crippen LogP contribution in [0.25, 0.3) is 10.9 Å². The summed E-state index contributed by atoms with van der Waals surface area (Å²) in [6, 6.07) is 10.1. The Kier molecular flexibility index (Phi) is 4.72. The summed E-state index contributed by atoms with van der Waals surface area (Å²) in [6.45, 7) is 0. The van der Waals surface area contributed by atoms with E-state index in [0.29, 0.717) is 22.0 Å². The number of para-hydroxylation sites is 1. The monoisotopic (exact) mass is 359 g/mol. The molecular formula is C18H18ClN3OS. The first-order valence-electron chi connectivity index (χ1n) is 8.30. The summed E-state index contributed by atoms with van der Waals surface area (Å²) in [6.07, 6.45) is 6.15. The third-order valence-electron chi connectivity index (χ3n) is 4.48. The van der Waals surface area contributed by atoms with E-state index in [0.717, 1.165) is 35.2 Å². The van der Waals surface area contributed by atoms with E-state index in [1.54, 1.807) is 0 Å². The van der Waals surface area contributed by atoms with Crippen LogP contribution < -0.4 is 0 Å². The van der Waals surface area contributed by atoms with Gasteiger partial charge in [0.05, 0.1) is 5.52 Å². The number of hydrogen-bond acceptors (Lipinski definition) is 5. The Morgan fingerprint density at radius 2 is 1.96 bits per heavy atom. The number of rotatable bonds is 4. The van der Waals surface area contributed by atoms with Crippen molar-refractivity contribution in [2.75, 3.05) is 0 Å². The van der Waals surface area contributed by atoms with Crippen LogP contribution in [0.15, 0.2) is 40.0 Å². The van der Waals surface area contributed by atoms with Gasteiger partial charge in [0, 0.05) is 22.6 Å². The van der Waals surface area contributed by atoms with E-state index in [1.807, 2.05) is 24.3 Å². The predicted molar refractivity (Wildman–Crippen MR) is 96.4 cm³/mol. The van der Waals surface area contributed by atoms with E-state index < -0.39 is 0 Å².